The maximum atomic E-state index is 13.2. The average molecular weight is 488 g/mol. The minimum Gasteiger partial charge on any atom is -0.338 e. The summed E-state index contributed by atoms with van der Waals surface area (Å²) < 4.78 is 25.0. The normalized spacial score (nSPS) is 16.8. The summed E-state index contributed by atoms with van der Waals surface area (Å²) in [5.41, 5.74) is 2.76. The second kappa shape index (κ2) is 9.87. The lowest BCUT2D eigenvalue weighted by Crippen LogP contribution is -2.47. The van der Waals surface area contributed by atoms with Crippen LogP contribution in [0.25, 0.3) is 0 Å². The maximum absolute atomic E-state index is 13.2. The number of anilines is 1. The van der Waals surface area contributed by atoms with Crippen LogP contribution in [0.4, 0.5) is 5.69 Å². The van der Waals surface area contributed by atoms with Crippen molar-refractivity contribution in [3.8, 4) is 0 Å². The predicted octanol–water partition coefficient (Wildman–Crippen LogP) is 2.86. The lowest BCUT2D eigenvalue weighted by Gasteiger charge is -2.35. The first kappa shape index (κ1) is 23.8. The Morgan fingerprint density at radius 1 is 1.03 bits per heavy atom. The number of fused-ring (bicyclic) bond motifs is 1. The summed E-state index contributed by atoms with van der Waals surface area (Å²) in [4.78, 5) is 30.5. The highest BCUT2D eigenvalue weighted by atomic mass is 32.2. The van der Waals surface area contributed by atoms with E-state index in [4.69, 9.17) is 0 Å². The number of carbonyl (C=O) groups excluding carboxylic acids is 2. The van der Waals surface area contributed by atoms with Crippen molar-refractivity contribution in [1.82, 2.24) is 9.21 Å². The van der Waals surface area contributed by atoms with E-state index in [1.165, 1.54) is 27.9 Å². The van der Waals surface area contributed by atoms with Gasteiger partial charge in [-0.2, -0.15) is 0 Å². The van der Waals surface area contributed by atoms with Crippen LogP contribution in [0.2, 0.25) is 0 Å². The Kier molecular flexibility index (Phi) is 7.11. The van der Waals surface area contributed by atoms with Crippen molar-refractivity contribution in [3.63, 3.8) is 0 Å². The van der Waals surface area contributed by atoms with Gasteiger partial charge in [-0.25, -0.2) is 12.7 Å². The highest BCUT2D eigenvalue weighted by Gasteiger charge is 2.30. The number of piperidine rings is 1. The molecule has 7 nitrogen and oxygen atoms in total. The molecule has 0 bridgehead atoms. The molecule has 33 heavy (non-hydrogen) atoms. The number of carbonyl (C=O) groups is 2. The molecule has 0 radical (unpaired) electrons. The molecule has 2 heterocycles. The fourth-order valence-electron chi connectivity index (χ4n) is 4.46. The van der Waals surface area contributed by atoms with Crippen molar-refractivity contribution in [3.05, 3.63) is 59.7 Å². The highest BCUT2D eigenvalue weighted by molar-refractivity contribution is 8.00. The lowest BCUT2D eigenvalue weighted by molar-refractivity contribution is -0.116. The number of thioether (sulfide) groups is 1. The lowest BCUT2D eigenvalue weighted by atomic mass is 10.0. The van der Waals surface area contributed by atoms with Gasteiger partial charge in [0, 0.05) is 43.3 Å². The van der Waals surface area contributed by atoms with Crippen molar-refractivity contribution in [1.29, 1.82) is 0 Å². The second-order valence-electron chi connectivity index (χ2n) is 8.51. The Hall–Kier alpha value is -2.36. The van der Waals surface area contributed by atoms with Crippen LogP contribution in [-0.2, 0) is 21.2 Å². The van der Waals surface area contributed by atoms with Crippen molar-refractivity contribution >= 4 is 39.3 Å². The van der Waals surface area contributed by atoms with E-state index in [-0.39, 0.29) is 23.6 Å². The molecule has 0 atom stereocenters. The van der Waals surface area contributed by atoms with Crippen LogP contribution in [-0.4, -0.2) is 74.2 Å². The SMILES string of the molecule is CN(C1CCN(C(=O)c2ccccc2SCC(=O)N2CCc3ccccc32)CC1)S(C)(=O)=O. The smallest absolute Gasteiger partial charge is 0.254 e. The number of hydrogen-bond donors (Lipinski definition) is 0. The Labute approximate surface area is 199 Å². The molecule has 9 heteroatoms. The number of benzene rings is 2. The Bertz CT molecular complexity index is 1140. The zero-order chi connectivity index (χ0) is 23.6. The summed E-state index contributed by atoms with van der Waals surface area (Å²) in [5.74, 6) is 0.231. The second-order valence-corrected chi connectivity index (χ2v) is 11.6. The van der Waals surface area contributed by atoms with Gasteiger partial charge in [-0.05, 0) is 43.0 Å². The van der Waals surface area contributed by atoms with Gasteiger partial charge in [-0.3, -0.25) is 9.59 Å². The molecule has 0 unspecified atom stereocenters. The molecule has 0 spiro atoms. The van der Waals surface area contributed by atoms with Gasteiger partial charge in [0.25, 0.3) is 5.91 Å². The number of amides is 2. The van der Waals surface area contributed by atoms with Crippen molar-refractivity contribution in [2.45, 2.75) is 30.2 Å². The molecule has 1 saturated heterocycles. The molecule has 0 N–H and O–H groups in total. The molecule has 2 aliphatic heterocycles. The molecule has 2 aromatic rings. The molecule has 4 rings (SSSR count). The molecule has 2 aromatic carbocycles. The highest BCUT2D eigenvalue weighted by Crippen LogP contribution is 2.30. The summed E-state index contributed by atoms with van der Waals surface area (Å²) in [7, 11) is -1.65. The fourth-order valence-corrected chi connectivity index (χ4v) is 6.13. The van der Waals surface area contributed by atoms with Gasteiger partial charge in [-0.1, -0.05) is 30.3 Å². The molecule has 1 fully saturated rings. The van der Waals surface area contributed by atoms with Crippen LogP contribution in [0.15, 0.2) is 53.4 Å². The zero-order valence-electron chi connectivity index (χ0n) is 18.9. The van der Waals surface area contributed by atoms with Gasteiger partial charge in [0.05, 0.1) is 17.6 Å². The van der Waals surface area contributed by atoms with Crippen LogP contribution in [0.5, 0.6) is 0 Å². The number of sulfonamides is 1. The van der Waals surface area contributed by atoms with Gasteiger partial charge in [0.15, 0.2) is 0 Å². The van der Waals surface area contributed by atoms with E-state index in [0.717, 1.165) is 17.0 Å². The molecule has 0 aliphatic carbocycles. The van der Waals surface area contributed by atoms with Gasteiger partial charge >= 0.3 is 0 Å². The number of nitrogens with zero attached hydrogens (tertiary/aromatic N) is 3. The maximum Gasteiger partial charge on any atom is 0.254 e. The minimum atomic E-state index is -3.25. The monoisotopic (exact) mass is 487 g/mol. The van der Waals surface area contributed by atoms with Gasteiger partial charge < -0.3 is 9.80 Å². The fraction of sp³-hybridized carbons (Fsp3) is 0.417. The third-order valence-electron chi connectivity index (χ3n) is 6.45. The first-order valence-electron chi connectivity index (χ1n) is 11.1. The predicted molar refractivity (Wildman–Crippen MR) is 131 cm³/mol. The van der Waals surface area contributed by atoms with Gasteiger partial charge in [0.1, 0.15) is 0 Å². The Morgan fingerprint density at radius 2 is 1.70 bits per heavy atom. The summed E-state index contributed by atoms with van der Waals surface area (Å²) in [6.07, 6.45) is 3.29. The topological polar surface area (TPSA) is 78.0 Å². The molecule has 2 amide bonds. The van der Waals surface area contributed by atoms with E-state index >= 15 is 0 Å². The first-order valence-corrected chi connectivity index (χ1v) is 13.9. The van der Waals surface area contributed by atoms with E-state index in [0.29, 0.717) is 38.0 Å². The van der Waals surface area contributed by atoms with E-state index in [9.17, 15) is 18.0 Å². The van der Waals surface area contributed by atoms with Crippen LogP contribution >= 0.6 is 11.8 Å². The molecular weight excluding hydrogens is 458 g/mol. The summed E-state index contributed by atoms with van der Waals surface area (Å²) in [6.45, 7) is 1.70. The number of hydrogen-bond acceptors (Lipinski definition) is 5. The first-order chi connectivity index (χ1) is 15.8. The Morgan fingerprint density at radius 3 is 2.42 bits per heavy atom. The standard InChI is InChI=1S/C24H29N3O4S2/c1-25(33(2,30)31)19-12-14-26(15-13-19)24(29)20-8-4-6-10-22(20)32-17-23(28)27-16-11-18-7-3-5-9-21(18)27/h3-10,19H,11-17H2,1-2H3. The quantitative estimate of drug-likeness (QED) is 0.586. The molecular formula is C24H29N3O4S2. The number of para-hydroxylation sites is 1. The van der Waals surface area contributed by atoms with Crippen molar-refractivity contribution in [2.75, 3.05) is 43.6 Å². The van der Waals surface area contributed by atoms with E-state index < -0.39 is 10.0 Å². The largest absolute Gasteiger partial charge is 0.338 e. The molecule has 176 valence electrons. The van der Waals surface area contributed by atoms with Gasteiger partial charge in [0.2, 0.25) is 15.9 Å². The van der Waals surface area contributed by atoms with Crippen LogP contribution in [0.1, 0.15) is 28.8 Å². The van der Waals surface area contributed by atoms with Crippen molar-refractivity contribution < 1.29 is 18.0 Å². The molecule has 0 aromatic heterocycles. The number of likely N-dealkylation sites (tertiary alicyclic amines) is 1. The summed E-state index contributed by atoms with van der Waals surface area (Å²) in [5, 5.41) is 0. The number of rotatable bonds is 6. The molecule has 0 saturated carbocycles. The minimum absolute atomic E-state index is 0.0387. The third kappa shape index (κ3) is 5.26. The van der Waals surface area contributed by atoms with Gasteiger partial charge in [-0.15, -0.1) is 11.8 Å². The van der Waals surface area contributed by atoms with Crippen molar-refractivity contribution in [2.24, 2.45) is 0 Å². The van der Waals surface area contributed by atoms with Crippen LogP contribution < -0.4 is 4.90 Å². The average Bonchev–Trinajstić information content (AvgIpc) is 3.26. The summed E-state index contributed by atoms with van der Waals surface area (Å²) >= 11 is 1.39. The Balaban J connectivity index is 1.39. The van der Waals surface area contributed by atoms with Crippen LogP contribution in [0.3, 0.4) is 0 Å². The van der Waals surface area contributed by atoms with E-state index in [2.05, 4.69) is 6.07 Å². The third-order valence-corrected chi connectivity index (χ3v) is 8.85. The van der Waals surface area contributed by atoms with E-state index in [1.807, 2.05) is 41.3 Å². The summed E-state index contributed by atoms with van der Waals surface area (Å²) in [6, 6.07) is 15.3. The molecule has 2 aliphatic rings. The van der Waals surface area contributed by atoms with Crippen LogP contribution in [0, 0.1) is 0 Å². The van der Waals surface area contributed by atoms with E-state index in [1.54, 1.807) is 18.0 Å². The zero-order valence-corrected chi connectivity index (χ0v) is 20.6.